The van der Waals surface area contributed by atoms with Crippen LogP contribution < -0.4 is 9.64 Å². The molecule has 1 saturated heterocycles. The van der Waals surface area contributed by atoms with Crippen LogP contribution in [-0.4, -0.2) is 39.4 Å². The van der Waals surface area contributed by atoms with Crippen molar-refractivity contribution in [3.8, 4) is 17.0 Å². The van der Waals surface area contributed by atoms with E-state index in [4.69, 9.17) is 32.5 Å². The third-order valence-corrected chi connectivity index (χ3v) is 8.21. The SMILES string of the molecule is Cc1cc(OCc2c(-c3c(Cl)cccc3Cl)noc2C2CC2)ccc1C1(O)CN(c2ccc(C(=O)O)c(C)n2)C1. The Balaban J connectivity index is 1.18. The minimum Gasteiger partial charge on any atom is -0.489 e. The Kier molecular flexibility index (Phi) is 6.73. The lowest BCUT2D eigenvalue weighted by Gasteiger charge is -2.48. The minimum atomic E-state index is -1.05. The number of benzene rings is 2. The maximum Gasteiger partial charge on any atom is 0.337 e. The summed E-state index contributed by atoms with van der Waals surface area (Å²) in [6, 6.07) is 14.2. The van der Waals surface area contributed by atoms with Gasteiger partial charge in [-0.1, -0.05) is 40.5 Å². The number of aromatic nitrogens is 2. The number of carboxylic acid groups (broad SMARTS) is 1. The van der Waals surface area contributed by atoms with Crippen LogP contribution in [0.15, 0.2) is 53.1 Å². The lowest BCUT2D eigenvalue weighted by Crippen LogP contribution is -2.60. The van der Waals surface area contributed by atoms with Gasteiger partial charge in [0.1, 0.15) is 35.2 Å². The van der Waals surface area contributed by atoms with Gasteiger partial charge in [0, 0.05) is 11.5 Å². The molecule has 3 heterocycles. The number of anilines is 1. The topological polar surface area (TPSA) is 109 Å². The fraction of sp³-hybridized carbons (Fsp3) is 0.300. The van der Waals surface area contributed by atoms with Crippen molar-refractivity contribution in [2.75, 3.05) is 18.0 Å². The zero-order valence-electron chi connectivity index (χ0n) is 21.9. The molecule has 2 aromatic heterocycles. The summed E-state index contributed by atoms with van der Waals surface area (Å²) in [5.74, 6) is 1.41. The first-order valence-electron chi connectivity index (χ1n) is 13.0. The molecule has 10 heteroatoms. The van der Waals surface area contributed by atoms with Crippen molar-refractivity contribution in [3.05, 3.63) is 92.3 Å². The second-order valence-electron chi connectivity index (χ2n) is 10.5. The van der Waals surface area contributed by atoms with Gasteiger partial charge in [-0.2, -0.15) is 0 Å². The highest BCUT2D eigenvalue weighted by Gasteiger charge is 2.44. The molecule has 2 fully saturated rings. The molecule has 2 aliphatic rings. The van der Waals surface area contributed by atoms with Gasteiger partial charge >= 0.3 is 5.97 Å². The molecule has 6 rings (SSSR count). The Hall–Kier alpha value is -3.59. The molecule has 0 bridgehead atoms. The zero-order valence-corrected chi connectivity index (χ0v) is 23.5. The molecule has 8 nitrogen and oxygen atoms in total. The smallest absolute Gasteiger partial charge is 0.337 e. The predicted octanol–water partition coefficient (Wildman–Crippen LogP) is 6.52. The van der Waals surface area contributed by atoms with Gasteiger partial charge in [0.15, 0.2) is 0 Å². The standard InChI is InChI=1S/C30H27Cl2N3O5/c1-16-12-19(8-10-22(16)30(38)14-35(15-30)25-11-9-20(29(36)37)17(2)33-25)39-13-21-27(34-40-28(21)18-6-7-18)26-23(31)4-3-5-24(26)32/h3-5,8-12,18,38H,6-7,13-15H2,1-2H3,(H,36,37). The number of aryl methyl sites for hydroxylation is 2. The van der Waals surface area contributed by atoms with E-state index in [0.717, 1.165) is 35.3 Å². The van der Waals surface area contributed by atoms with E-state index in [-0.39, 0.29) is 12.2 Å². The van der Waals surface area contributed by atoms with Crippen LogP contribution in [0.2, 0.25) is 10.0 Å². The molecular formula is C30H27Cl2N3O5. The largest absolute Gasteiger partial charge is 0.489 e. The summed E-state index contributed by atoms with van der Waals surface area (Å²) in [5.41, 5.74) is 3.32. The third kappa shape index (κ3) is 4.80. The average molecular weight is 580 g/mol. The number of carbonyl (C=O) groups is 1. The summed E-state index contributed by atoms with van der Waals surface area (Å²) in [6.45, 7) is 4.54. The van der Waals surface area contributed by atoms with Crippen LogP contribution in [0.3, 0.4) is 0 Å². The van der Waals surface area contributed by atoms with Crippen LogP contribution >= 0.6 is 23.2 Å². The van der Waals surface area contributed by atoms with E-state index in [0.29, 0.717) is 57.6 Å². The zero-order chi connectivity index (χ0) is 28.2. The van der Waals surface area contributed by atoms with E-state index in [9.17, 15) is 15.0 Å². The van der Waals surface area contributed by atoms with Gasteiger partial charge in [0.2, 0.25) is 0 Å². The lowest BCUT2D eigenvalue weighted by atomic mass is 9.83. The maximum absolute atomic E-state index is 11.3. The number of halogens is 2. The normalized spacial score (nSPS) is 16.1. The second-order valence-corrected chi connectivity index (χ2v) is 11.3. The van der Waals surface area contributed by atoms with Crippen LogP contribution in [0.4, 0.5) is 5.82 Å². The average Bonchev–Trinajstić information content (AvgIpc) is 3.65. The highest BCUT2D eigenvalue weighted by molar-refractivity contribution is 6.39. The van der Waals surface area contributed by atoms with E-state index in [1.165, 1.54) is 0 Å². The first-order valence-corrected chi connectivity index (χ1v) is 13.8. The summed E-state index contributed by atoms with van der Waals surface area (Å²) in [5, 5.41) is 25.9. The van der Waals surface area contributed by atoms with Gasteiger partial charge in [-0.05, 0) is 74.2 Å². The number of ether oxygens (including phenoxy) is 1. The molecule has 0 amide bonds. The molecule has 1 saturated carbocycles. The Morgan fingerprint density at radius 1 is 1.12 bits per heavy atom. The highest BCUT2D eigenvalue weighted by atomic mass is 35.5. The van der Waals surface area contributed by atoms with E-state index < -0.39 is 11.6 Å². The number of β-amino-alcohol motifs (C(OH)–C–C–N with tert-alkyl or cyclic N) is 1. The molecule has 0 radical (unpaired) electrons. The van der Waals surface area contributed by atoms with Gasteiger partial charge in [-0.15, -0.1) is 0 Å². The van der Waals surface area contributed by atoms with Crippen molar-refractivity contribution in [3.63, 3.8) is 0 Å². The van der Waals surface area contributed by atoms with Gasteiger partial charge < -0.3 is 24.4 Å². The molecule has 40 heavy (non-hydrogen) atoms. The lowest BCUT2D eigenvalue weighted by molar-refractivity contribution is 0.00640. The molecule has 0 atom stereocenters. The number of pyridine rings is 1. The van der Waals surface area contributed by atoms with Crippen molar-refractivity contribution in [1.82, 2.24) is 10.1 Å². The Morgan fingerprint density at radius 3 is 2.48 bits per heavy atom. The number of hydrogen-bond acceptors (Lipinski definition) is 7. The Morgan fingerprint density at radius 2 is 1.85 bits per heavy atom. The van der Waals surface area contributed by atoms with Gasteiger partial charge in [0.25, 0.3) is 0 Å². The van der Waals surface area contributed by atoms with Crippen LogP contribution in [0.5, 0.6) is 5.75 Å². The minimum absolute atomic E-state index is 0.170. The van der Waals surface area contributed by atoms with E-state index in [1.807, 2.05) is 30.0 Å². The molecule has 4 aromatic rings. The van der Waals surface area contributed by atoms with Crippen molar-refractivity contribution in [2.45, 2.75) is 44.8 Å². The summed E-state index contributed by atoms with van der Waals surface area (Å²) < 4.78 is 11.9. The van der Waals surface area contributed by atoms with Crippen LogP contribution in [0.25, 0.3) is 11.3 Å². The number of carboxylic acids is 1. The van der Waals surface area contributed by atoms with E-state index in [2.05, 4.69) is 10.1 Å². The quantitative estimate of drug-likeness (QED) is 0.243. The third-order valence-electron chi connectivity index (χ3n) is 7.58. The molecule has 1 aliphatic heterocycles. The molecule has 0 spiro atoms. The van der Waals surface area contributed by atoms with Crippen LogP contribution in [0.1, 0.15) is 57.3 Å². The van der Waals surface area contributed by atoms with Crippen LogP contribution in [0, 0.1) is 13.8 Å². The summed E-state index contributed by atoms with van der Waals surface area (Å²) in [7, 11) is 0. The molecule has 206 valence electrons. The Labute approximate surface area is 241 Å². The molecule has 0 unspecified atom stereocenters. The van der Waals surface area contributed by atoms with Gasteiger partial charge in [-0.25, -0.2) is 9.78 Å². The highest BCUT2D eigenvalue weighted by Crippen LogP contribution is 2.46. The molecule has 1 aliphatic carbocycles. The second kappa shape index (κ2) is 10.1. The number of nitrogens with zero attached hydrogens (tertiary/aromatic N) is 3. The predicted molar refractivity (Wildman–Crippen MR) is 151 cm³/mol. The molecular weight excluding hydrogens is 553 g/mol. The first-order chi connectivity index (χ1) is 19.1. The number of aromatic carboxylic acids is 1. The van der Waals surface area contributed by atoms with Crippen LogP contribution in [-0.2, 0) is 12.2 Å². The monoisotopic (exact) mass is 579 g/mol. The first kappa shape index (κ1) is 26.6. The number of hydrogen-bond donors (Lipinski definition) is 2. The van der Waals surface area contributed by atoms with Gasteiger partial charge in [0.05, 0.1) is 40.0 Å². The van der Waals surface area contributed by atoms with E-state index >= 15 is 0 Å². The van der Waals surface area contributed by atoms with Crippen molar-refractivity contribution < 1.29 is 24.3 Å². The molecule has 2 aromatic carbocycles. The maximum atomic E-state index is 11.3. The fourth-order valence-corrected chi connectivity index (χ4v) is 5.90. The number of aliphatic hydroxyl groups is 1. The van der Waals surface area contributed by atoms with Crippen molar-refractivity contribution >= 4 is 35.0 Å². The summed E-state index contributed by atoms with van der Waals surface area (Å²) in [4.78, 5) is 17.6. The Bertz CT molecular complexity index is 1610. The van der Waals surface area contributed by atoms with Crippen molar-refractivity contribution in [1.29, 1.82) is 0 Å². The van der Waals surface area contributed by atoms with Crippen molar-refractivity contribution in [2.24, 2.45) is 0 Å². The van der Waals surface area contributed by atoms with E-state index in [1.54, 1.807) is 37.3 Å². The fourth-order valence-electron chi connectivity index (χ4n) is 5.32. The number of rotatable bonds is 8. The van der Waals surface area contributed by atoms with Gasteiger partial charge in [-0.3, -0.25) is 0 Å². The summed E-state index contributed by atoms with van der Waals surface area (Å²) >= 11 is 12.9. The summed E-state index contributed by atoms with van der Waals surface area (Å²) in [6.07, 6.45) is 2.08. The molecule has 2 N–H and O–H groups in total.